The average molecular weight is 262 g/mol. The van der Waals surface area contributed by atoms with Crippen LogP contribution in [0.4, 0.5) is 4.39 Å². The molecule has 2 aromatic rings. The number of aromatic nitrogens is 1. The van der Waals surface area contributed by atoms with E-state index in [9.17, 15) is 9.18 Å². The Balaban J connectivity index is 1.85. The molecule has 0 aliphatic heterocycles. The standard InChI is InChI=1S/C13H11FN2OS/c14-10-4-2-1-3-9(10)13(5-6-13)16-11(17)12-15-7-8-18-12/h1-4,7-8H,5-6H2,(H,16,17). The maximum atomic E-state index is 13.8. The van der Waals surface area contributed by atoms with E-state index in [1.807, 2.05) is 0 Å². The van der Waals surface area contributed by atoms with Crippen LogP contribution in [0.5, 0.6) is 0 Å². The van der Waals surface area contributed by atoms with Gasteiger partial charge in [0, 0.05) is 17.1 Å². The Morgan fingerprint density at radius 3 is 2.78 bits per heavy atom. The second-order valence-electron chi connectivity index (χ2n) is 4.35. The quantitative estimate of drug-likeness (QED) is 0.924. The number of rotatable bonds is 3. The van der Waals surface area contributed by atoms with Crippen LogP contribution in [0.15, 0.2) is 35.8 Å². The van der Waals surface area contributed by atoms with Gasteiger partial charge in [0.1, 0.15) is 5.82 Å². The van der Waals surface area contributed by atoms with Crippen molar-refractivity contribution in [1.82, 2.24) is 10.3 Å². The molecule has 1 aromatic carbocycles. The van der Waals surface area contributed by atoms with Gasteiger partial charge in [-0.05, 0) is 18.9 Å². The van der Waals surface area contributed by atoms with Crippen molar-refractivity contribution in [2.45, 2.75) is 18.4 Å². The number of carbonyl (C=O) groups is 1. The van der Waals surface area contributed by atoms with Gasteiger partial charge in [-0.2, -0.15) is 0 Å². The fourth-order valence-electron chi connectivity index (χ4n) is 2.04. The lowest BCUT2D eigenvalue weighted by Gasteiger charge is -2.17. The van der Waals surface area contributed by atoms with E-state index < -0.39 is 5.54 Å². The summed E-state index contributed by atoms with van der Waals surface area (Å²) in [5.41, 5.74) is 0.0311. The maximum Gasteiger partial charge on any atom is 0.280 e. The molecular formula is C13H11FN2OS. The summed E-state index contributed by atoms with van der Waals surface area (Å²) in [4.78, 5) is 15.9. The molecule has 92 valence electrons. The van der Waals surface area contributed by atoms with E-state index in [-0.39, 0.29) is 11.7 Å². The van der Waals surface area contributed by atoms with Gasteiger partial charge in [-0.1, -0.05) is 18.2 Å². The molecule has 0 radical (unpaired) electrons. The van der Waals surface area contributed by atoms with E-state index in [0.29, 0.717) is 10.6 Å². The summed E-state index contributed by atoms with van der Waals surface area (Å²) in [6.07, 6.45) is 3.12. The molecule has 1 aliphatic carbocycles. The number of nitrogens with zero attached hydrogens (tertiary/aromatic N) is 1. The lowest BCUT2D eigenvalue weighted by molar-refractivity contribution is 0.0929. The Morgan fingerprint density at radius 2 is 2.17 bits per heavy atom. The molecule has 0 unspecified atom stereocenters. The minimum atomic E-state index is -0.534. The zero-order valence-electron chi connectivity index (χ0n) is 9.52. The van der Waals surface area contributed by atoms with Crippen LogP contribution in [0.25, 0.3) is 0 Å². The molecule has 18 heavy (non-hydrogen) atoms. The molecule has 0 saturated heterocycles. The van der Waals surface area contributed by atoms with Crippen LogP contribution in [-0.4, -0.2) is 10.9 Å². The first kappa shape index (κ1) is 11.3. The summed E-state index contributed by atoms with van der Waals surface area (Å²) in [5.74, 6) is -0.500. The molecule has 1 fully saturated rings. The van der Waals surface area contributed by atoms with Gasteiger partial charge in [-0.25, -0.2) is 9.37 Å². The van der Waals surface area contributed by atoms with Crippen molar-refractivity contribution in [3.05, 3.63) is 52.2 Å². The summed E-state index contributed by atoms with van der Waals surface area (Å²) < 4.78 is 13.8. The van der Waals surface area contributed by atoms with Crippen molar-refractivity contribution in [2.24, 2.45) is 0 Å². The van der Waals surface area contributed by atoms with Gasteiger partial charge in [0.05, 0.1) is 5.54 Å². The number of amides is 1. The van der Waals surface area contributed by atoms with E-state index in [1.54, 1.807) is 29.8 Å². The number of carbonyl (C=O) groups excluding carboxylic acids is 1. The highest BCUT2D eigenvalue weighted by atomic mass is 32.1. The average Bonchev–Trinajstić information content (AvgIpc) is 2.94. The minimum absolute atomic E-state index is 0.231. The fraction of sp³-hybridized carbons (Fsp3) is 0.231. The number of thiazole rings is 1. The lowest BCUT2D eigenvalue weighted by Crippen LogP contribution is -2.35. The third-order valence-corrected chi connectivity index (χ3v) is 3.89. The SMILES string of the molecule is O=C(NC1(c2ccccc2F)CC1)c1nccs1. The van der Waals surface area contributed by atoms with Gasteiger partial charge in [-0.3, -0.25) is 4.79 Å². The van der Waals surface area contributed by atoms with E-state index in [4.69, 9.17) is 0 Å². The van der Waals surface area contributed by atoms with Crippen molar-refractivity contribution in [1.29, 1.82) is 0 Å². The summed E-state index contributed by atoms with van der Waals surface area (Å²) in [6, 6.07) is 6.58. The maximum absolute atomic E-state index is 13.8. The Labute approximate surface area is 108 Å². The Bertz CT molecular complexity index is 578. The van der Waals surface area contributed by atoms with Crippen LogP contribution < -0.4 is 5.32 Å². The van der Waals surface area contributed by atoms with Crippen LogP contribution in [0, 0.1) is 5.82 Å². The normalized spacial score (nSPS) is 16.3. The smallest absolute Gasteiger partial charge is 0.280 e. The van der Waals surface area contributed by atoms with E-state index in [2.05, 4.69) is 10.3 Å². The molecule has 1 amide bonds. The lowest BCUT2D eigenvalue weighted by atomic mass is 10.0. The van der Waals surface area contributed by atoms with Crippen LogP contribution in [0.2, 0.25) is 0 Å². The number of benzene rings is 1. The molecule has 0 spiro atoms. The van der Waals surface area contributed by atoms with Crippen LogP contribution in [-0.2, 0) is 5.54 Å². The molecular weight excluding hydrogens is 251 g/mol. The Morgan fingerprint density at radius 1 is 1.39 bits per heavy atom. The van der Waals surface area contributed by atoms with E-state index >= 15 is 0 Å². The molecule has 1 aliphatic rings. The topological polar surface area (TPSA) is 42.0 Å². The van der Waals surface area contributed by atoms with Crippen LogP contribution >= 0.6 is 11.3 Å². The van der Waals surface area contributed by atoms with Gasteiger partial charge in [0.15, 0.2) is 5.01 Å². The van der Waals surface area contributed by atoms with Gasteiger partial charge < -0.3 is 5.32 Å². The number of nitrogens with one attached hydrogen (secondary N) is 1. The highest BCUT2D eigenvalue weighted by molar-refractivity contribution is 7.11. The minimum Gasteiger partial charge on any atom is -0.340 e. The van der Waals surface area contributed by atoms with E-state index in [1.165, 1.54) is 17.4 Å². The monoisotopic (exact) mass is 262 g/mol. The number of hydrogen-bond donors (Lipinski definition) is 1. The van der Waals surface area contributed by atoms with E-state index in [0.717, 1.165) is 12.8 Å². The first-order chi connectivity index (χ1) is 8.71. The van der Waals surface area contributed by atoms with Crippen LogP contribution in [0.1, 0.15) is 28.2 Å². The first-order valence-corrected chi connectivity index (χ1v) is 6.56. The summed E-state index contributed by atoms with van der Waals surface area (Å²) in [7, 11) is 0. The molecule has 0 bridgehead atoms. The predicted octanol–water partition coefficient (Wildman–Crippen LogP) is 2.70. The highest BCUT2D eigenvalue weighted by Crippen LogP contribution is 2.46. The number of halogens is 1. The summed E-state index contributed by atoms with van der Waals surface area (Å²) in [5, 5.41) is 5.06. The molecule has 3 nitrogen and oxygen atoms in total. The zero-order chi connectivity index (χ0) is 12.6. The summed E-state index contributed by atoms with van der Waals surface area (Å²) in [6.45, 7) is 0. The summed E-state index contributed by atoms with van der Waals surface area (Å²) >= 11 is 1.28. The second-order valence-corrected chi connectivity index (χ2v) is 5.25. The molecule has 1 N–H and O–H groups in total. The van der Waals surface area contributed by atoms with Crippen LogP contribution in [0.3, 0.4) is 0 Å². The van der Waals surface area contributed by atoms with Crippen molar-refractivity contribution >= 4 is 17.2 Å². The largest absolute Gasteiger partial charge is 0.340 e. The second kappa shape index (κ2) is 4.17. The number of hydrogen-bond acceptors (Lipinski definition) is 3. The Kier molecular flexibility index (Phi) is 2.63. The van der Waals surface area contributed by atoms with Crippen molar-refractivity contribution in [3.63, 3.8) is 0 Å². The van der Waals surface area contributed by atoms with Gasteiger partial charge in [0.2, 0.25) is 0 Å². The molecule has 0 atom stereocenters. The predicted molar refractivity (Wildman–Crippen MR) is 66.9 cm³/mol. The third kappa shape index (κ3) is 1.90. The first-order valence-electron chi connectivity index (χ1n) is 5.68. The fourth-order valence-corrected chi connectivity index (χ4v) is 2.57. The van der Waals surface area contributed by atoms with Crippen molar-refractivity contribution in [2.75, 3.05) is 0 Å². The van der Waals surface area contributed by atoms with Gasteiger partial charge in [-0.15, -0.1) is 11.3 Å². The molecule has 5 heteroatoms. The highest BCUT2D eigenvalue weighted by Gasteiger charge is 2.47. The van der Waals surface area contributed by atoms with Crippen molar-refractivity contribution in [3.8, 4) is 0 Å². The van der Waals surface area contributed by atoms with Gasteiger partial charge >= 0.3 is 0 Å². The molecule has 3 rings (SSSR count). The molecule has 1 saturated carbocycles. The molecule has 1 aromatic heterocycles. The Hall–Kier alpha value is -1.75. The zero-order valence-corrected chi connectivity index (χ0v) is 10.3. The molecule has 1 heterocycles. The van der Waals surface area contributed by atoms with Crippen molar-refractivity contribution < 1.29 is 9.18 Å². The third-order valence-electron chi connectivity index (χ3n) is 3.12. The van der Waals surface area contributed by atoms with Gasteiger partial charge in [0.25, 0.3) is 5.91 Å².